The highest BCUT2D eigenvalue weighted by molar-refractivity contribution is 7.98. The van der Waals surface area contributed by atoms with Crippen LogP contribution in [-0.4, -0.2) is 66.5 Å². The molecule has 2 aromatic carbocycles. The number of benzene rings is 2. The van der Waals surface area contributed by atoms with E-state index in [0.29, 0.717) is 45.8 Å². The third-order valence-electron chi connectivity index (χ3n) is 6.54. The first-order valence-corrected chi connectivity index (χ1v) is 16.9. The standard InChI is InChI=1S/C33H31ClN6O6S2/c34-23-5-1-22(2-6-23)32-39-24(19-47-32)20-48-33-27(18-36)30(26(17-35)31(37)40-33)21-3-7-25(8-4-21)44-15-16-46-29(43)10-9-28(42)45-14-12-38-11-13-41/h1-8,19,38,41H,9-16,20H2,(H2,37,40). The molecule has 4 N–H and O–H groups in total. The molecule has 12 nitrogen and oxygen atoms in total. The largest absolute Gasteiger partial charge is 0.490 e. The second kappa shape index (κ2) is 18.6. The first kappa shape index (κ1) is 36.1. The van der Waals surface area contributed by atoms with E-state index >= 15 is 0 Å². The molecule has 0 fully saturated rings. The molecule has 0 aliphatic rings. The number of thiazole rings is 1. The van der Waals surface area contributed by atoms with Crippen LogP contribution in [0.3, 0.4) is 0 Å². The van der Waals surface area contributed by atoms with Gasteiger partial charge >= 0.3 is 11.9 Å². The Bertz CT molecular complexity index is 1790. The molecule has 0 bridgehead atoms. The normalized spacial score (nSPS) is 10.6. The van der Waals surface area contributed by atoms with Crippen LogP contribution in [0.4, 0.5) is 5.82 Å². The summed E-state index contributed by atoms with van der Waals surface area (Å²) in [6.45, 7) is 0.992. The summed E-state index contributed by atoms with van der Waals surface area (Å²) in [5, 5.41) is 35.4. The molecule has 0 radical (unpaired) electrons. The second-order valence-electron chi connectivity index (χ2n) is 9.88. The van der Waals surface area contributed by atoms with Crippen molar-refractivity contribution >= 4 is 52.5 Å². The fourth-order valence-corrected chi connectivity index (χ4v) is 6.20. The van der Waals surface area contributed by atoms with Crippen molar-refractivity contribution in [1.82, 2.24) is 15.3 Å². The second-order valence-corrected chi connectivity index (χ2v) is 12.1. The van der Waals surface area contributed by atoms with Gasteiger partial charge < -0.3 is 30.4 Å². The molecule has 4 rings (SSSR count). The predicted molar refractivity (Wildman–Crippen MR) is 182 cm³/mol. The maximum atomic E-state index is 11.9. The van der Waals surface area contributed by atoms with E-state index < -0.39 is 11.9 Å². The third-order valence-corrected chi connectivity index (χ3v) is 8.74. The zero-order valence-corrected chi connectivity index (χ0v) is 28.0. The molecule has 0 unspecified atom stereocenters. The number of aliphatic hydroxyl groups is 1. The number of esters is 2. The van der Waals surface area contributed by atoms with Gasteiger partial charge in [0, 0.05) is 40.4 Å². The van der Waals surface area contributed by atoms with Crippen molar-refractivity contribution in [3.8, 4) is 39.6 Å². The minimum Gasteiger partial charge on any atom is -0.490 e. The van der Waals surface area contributed by atoms with Crippen LogP contribution in [0.15, 0.2) is 58.9 Å². The number of nitriles is 2. The van der Waals surface area contributed by atoms with Crippen LogP contribution in [0.1, 0.15) is 29.7 Å². The third kappa shape index (κ3) is 10.4. The zero-order valence-electron chi connectivity index (χ0n) is 25.6. The summed E-state index contributed by atoms with van der Waals surface area (Å²) in [6.07, 6.45) is -0.226. The average molecular weight is 707 g/mol. The van der Waals surface area contributed by atoms with Gasteiger partial charge in [-0.05, 0) is 29.8 Å². The Hall–Kier alpha value is -4.70. The summed E-state index contributed by atoms with van der Waals surface area (Å²) >= 11 is 8.80. The first-order valence-electron chi connectivity index (χ1n) is 14.7. The maximum absolute atomic E-state index is 11.9. The van der Waals surface area contributed by atoms with E-state index in [1.54, 1.807) is 24.3 Å². The molecule has 248 valence electrons. The lowest BCUT2D eigenvalue weighted by Crippen LogP contribution is -2.24. The van der Waals surface area contributed by atoms with Crippen molar-refractivity contribution in [2.24, 2.45) is 0 Å². The van der Waals surface area contributed by atoms with Crippen LogP contribution in [0.2, 0.25) is 5.02 Å². The highest BCUT2D eigenvalue weighted by atomic mass is 35.5. The van der Waals surface area contributed by atoms with Gasteiger partial charge in [-0.15, -0.1) is 11.3 Å². The molecule has 48 heavy (non-hydrogen) atoms. The molecule has 0 saturated heterocycles. The summed E-state index contributed by atoms with van der Waals surface area (Å²) in [5.74, 6) is -0.153. The smallest absolute Gasteiger partial charge is 0.306 e. The number of aliphatic hydroxyl groups excluding tert-OH is 1. The Morgan fingerprint density at radius 3 is 2.25 bits per heavy atom. The van der Waals surface area contributed by atoms with Crippen LogP contribution in [0.5, 0.6) is 5.75 Å². The van der Waals surface area contributed by atoms with E-state index in [0.717, 1.165) is 16.3 Å². The number of rotatable bonds is 17. The van der Waals surface area contributed by atoms with E-state index in [1.807, 2.05) is 29.6 Å². The molecule has 0 amide bonds. The molecular weight excluding hydrogens is 676 g/mol. The van der Waals surface area contributed by atoms with E-state index in [9.17, 15) is 20.1 Å². The van der Waals surface area contributed by atoms with E-state index in [1.165, 1.54) is 23.1 Å². The van der Waals surface area contributed by atoms with Gasteiger partial charge in [-0.1, -0.05) is 47.6 Å². The van der Waals surface area contributed by atoms with Crippen molar-refractivity contribution < 1.29 is 28.9 Å². The van der Waals surface area contributed by atoms with Gasteiger partial charge in [-0.2, -0.15) is 10.5 Å². The highest BCUT2D eigenvalue weighted by Crippen LogP contribution is 2.37. The lowest BCUT2D eigenvalue weighted by molar-refractivity contribution is -0.150. The Morgan fingerprint density at radius 1 is 0.917 bits per heavy atom. The number of hydrogen-bond donors (Lipinski definition) is 3. The molecule has 0 spiro atoms. The van der Waals surface area contributed by atoms with Crippen LogP contribution in [0, 0.1) is 22.7 Å². The van der Waals surface area contributed by atoms with Crippen molar-refractivity contribution in [3.63, 3.8) is 0 Å². The number of nitrogens with two attached hydrogens (primary N) is 1. The van der Waals surface area contributed by atoms with Gasteiger partial charge in [0.15, 0.2) is 0 Å². The fourth-order valence-electron chi connectivity index (χ4n) is 4.25. The van der Waals surface area contributed by atoms with Crippen LogP contribution in [-0.2, 0) is 24.8 Å². The summed E-state index contributed by atoms with van der Waals surface area (Å²) in [6, 6.07) is 18.4. The number of nitrogens with one attached hydrogen (secondary N) is 1. The lowest BCUT2D eigenvalue weighted by Gasteiger charge is -2.13. The molecule has 15 heteroatoms. The van der Waals surface area contributed by atoms with Gasteiger partial charge in [0.2, 0.25) is 0 Å². The number of aromatic nitrogens is 2. The van der Waals surface area contributed by atoms with Gasteiger partial charge in [0.25, 0.3) is 0 Å². The van der Waals surface area contributed by atoms with Crippen molar-refractivity contribution in [3.05, 3.63) is 75.8 Å². The number of thioether (sulfide) groups is 1. The topological polar surface area (TPSA) is 193 Å². The van der Waals surface area contributed by atoms with E-state index in [4.69, 9.17) is 41.6 Å². The first-order chi connectivity index (χ1) is 23.3. The van der Waals surface area contributed by atoms with Crippen LogP contribution in [0.25, 0.3) is 21.7 Å². The quantitative estimate of drug-likeness (QED) is 0.0758. The number of carbonyl (C=O) groups is 2. The number of ether oxygens (including phenoxy) is 3. The minimum absolute atomic E-state index is 0.00744. The predicted octanol–water partition coefficient (Wildman–Crippen LogP) is 4.97. The van der Waals surface area contributed by atoms with Gasteiger partial charge in [-0.25, -0.2) is 9.97 Å². The summed E-state index contributed by atoms with van der Waals surface area (Å²) in [5.41, 5.74) is 9.20. The van der Waals surface area contributed by atoms with Crippen molar-refractivity contribution in [2.75, 3.05) is 45.3 Å². The fraction of sp³-hybridized carbons (Fsp3) is 0.273. The Balaban J connectivity index is 1.32. The number of carbonyl (C=O) groups excluding carboxylic acids is 2. The molecule has 2 aromatic heterocycles. The van der Waals surface area contributed by atoms with E-state index in [2.05, 4.69) is 22.4 Å². The highest BCUT2D eigenvalue weighted by Gasteiger charge is 2.21. The molecular formula is C33H31ClN6O6S2. The number of hydrogen-bond acceptors (Lipinski definition) is 14. The molecule has 2 heterocycles. The van der Waals surface area contributed by atoms with Gasteiger partial charge in [0.05, 0.1) is 30.7 Å². The number of halogens is 1. The number of nitrogen functional groups attached to an aromatic ring is 1. The van der Waals surface area contributed by atoms with Crippen molar-refractivity contribution in [2.45, 2.75) is 23.6 Å². The monoisotopic (exact) mass is 706 g/mol. The zero-order chi connectivity index (χ0) is 34.3. The molecule has 0 aliphatic carbocycles. The van der Waals surface area contributed by atoms with Gasteiger partial charge in [0.1, 0.15) is 59.1 Å². The minimum atomic E-state index is -0.557. The molecule has 0 atom stereocenters. The number of pyridine rings is 1. The molecule has 4 aromatic rings. The SMILES string of the molecule is N#Cc1c(N)nc(SCc2csc(-c3ccc(Cl)cc3)n2)c(C#N)c1-c1ccc(OCCOC(=O)CCC(=O)OCCNCCO)cc1. The Morgan fingerprint density at radius 2 is 1.58 bits per heavy atom. The molecule has 0 aliphatic heterocycles. The molecule has 0 saturated carbocycles. The summed E-state index contributed by atoms with van der Waals surface area (Å²) in [7, 11) is 0. The van der Waals surface area contributed by atoms with Crippen LogP contribution < -0.4 is 15.8 Å². The van der Waals surface area contributed by atoms with Crippen molar-refractivity contribution in [1.29, 1.82) is 10.5 Å². The maximum Gasteiger partial charge on any atom is 0.306 e. The number of anilines is 1. The summed E-state index contributed by atoms with van der Waals surface area (Å²) < 4.78 is 15.8. The summed E-state index contributed by atoms with van der Waals surface area (Å²) in [4.78, 5) is 32.7. The van der Waals surface area contributed by atoms with Crippen LogP contribution >= 0.6 is 34.7 Å². The Kier molecular flexibility index (Phi) is 14.0. The lowest BCUT2D eigenvalue weighted by atomic mass is 9.97. The Labute approximate surface area is 290 Å². The van der Waals surface area contributed by atoms with Gasteiger partial charge in [-0.3, -0.25) is 9.59 Å². The number of nitrogens with zero attached hydrogens (tertiary/aromatic N) is 4. The average Bonchev–Trinajstić information content (AvgIpc) is 3.57. The van der Waals surface area contributed by atoms with E-state index in [-0.39, 0.29) is 56.2 Å².